The molecule has 1 heterocycles. The molecule has 1 fully saturated rings. The summed E-state index contributed by atoms with van der Waals surface area (Å²) in [5, 5.41) is 7.59. The molecule has 1 atom stereocenters. The summed E-state index contributed by atoms with van der Waals surface area (Å²) < 4.78 is 1.86. The first-order valence-electron chi connectivity index (χ1n) is 5.26. The van der Waals surface area contributed by atoms with Crippen molar-refractivity contribution in [3.8, 4) is 0 Å². The van der Waals surface area contributed by atoms with Crippen LogP contribution in [0.25, 0.3) is 0 Å². The molecule has 0 saturated heterocycles. The van der Waals surface area contributed by atoms with Crippen LogP contribution in [0.4, 0.5) is 0 Å². The van der Waals surface area contributed by atoms with E-state index in [4.69, 9.17) is 0 Å². The maximum Gasteiger partial charge on any atom is 0.137 e. The Morgan fingerprint density at radius 2 is 2.36 bits per heavy atom. The van der Waals surface area contributed by atoms with E-state index in [9.17, 15) is 0 Å². The monoisotopic (exact) mass is 194 g/mol. The van der Waals surface area contributed by atoms with Gasteiger partial charge in [-0.25, -0.2) is 4.98 Å². The van der Waals surface area contributed by atoms with Crippen LogP contribution >= 0.6 is 0 Å². The second kappa shape index (κ2) is 3.69. The van der Waals surface area contributed by atoms with Crippen LogP contribution in [0, 0.1) is 5.41 Å². The van der Waals surface area contributed by atoms with Crippen LogP contribution in [0.1, 0.15) is 26.7 Å². The Kier molecular flexibility index (Phi) is 2.54. The lowest BCUT2D eigenvalue weighted by Crippen LogP contribution is -2.35. The van der Waals surface area contributed by atoms with E-state index in [0.717, 1.165) is 13.1 Å². The number of nitrogens with zero attached hydrogens (tertiary/aromatic N) is 3. The van der Waals surface area contributed by atoms with Crippen LogP contribution in [0.5, 0.6) is 0 Å². The van der Waals surface area contributed by atoms with E-state index >= 15 is 0 Å². The van der Waals surface area contributed by atoms with E-state index in [1.165, 1.54) is 12.8 Å². The van der Waals surface area contributed by atoms with Gasteiger partial charge in [0.05, 0.1) is 6.54 Å². The zero-order valence-corrected chi connectivity index (χ0v) is 8.90. The van der Waals surface area contributed by atoms with Gasteiger partial charge in [-0.3, -0.25) is 4.68 Å². The highest BCUT2D eigenvalue weighted by atomic mass is 15.3. The second-order valence-electron chi connectivity index (χ2n) is 4.49. The summed E-state index contributed by atoms with van der Waals surface area (Å²) in [5.41, 5.74) is 0.558. The molecule has 14 heavy (non-hydrogen) atoms. The molecule has 2 rings (SSSR count). The van der Waals surface area contributed by atoms with Gasteiger partial charge in [0.2, 0.25) is 0 Å². The molecule has 4 heteroatoms. The molecule has 1 aliphatic rings. The summed E-state index contributed by atoms with van der Waals surface area (Å²) in [5.74, 6) is 0. The molecule has 0 radical (unpaired) electrons. The van der Waals surface area contributed by atoms with Crippen molar-refractivity contribution in [2.24, 2.45) is 5.41 Å². The van der Waals surface area contributed by atoms with Gasteiger partial charge in [0.15, 0.2) is 0 Å². The lowest BCUT2D eigenvalue weighted by Gasteiger charge is -2.20. The quantitative estimate of drug-likeness (QED) is 0.762. The molecule has 0 bridgehead atoms. The Morgan fingerprint density at radius 1 is 1.57 bits per heavy atom. The fraction of sp³-hybridized carbons (Fsp3) is 0.800. The molecule has 4 nitrogen and oxygen atoms in total. The molecule has 0 aromatic carbocycles. The molecule has 0 amide bonds. The van der Waals surface area contributed by atoms with Crippen LogP contribution in [0.2, 0.25) is 0 Å². The standard InChI is InChI=1S/C10H18N4/c1-9(10(2)3-4-10)12-5-6-14-8-11-7-13-14/h7-9,12H,3-6H2,1-2H3. The van der Waals surface area contributed by atoms with Gasteiger partial charge in [-0.15, -0.1) is 0 Å². The zero-order chi connectivity index (χ0) is 10.0. The lowest BCUT2D eigenvalue weighted by molar-refractivity contribution is 0.370. The molecule has 1 saturated carbocycles. The summed E-state index contributed by atoms with van der Waals surface area (Å²) in [6.07, 6.45) is 6.06. The van der Waals surface area contributed by atoms with Crippen molar-refractivity contribution in [3.63, 3.8) is 0 Å². The third kappa shape index (κ3) is 2.12. The molecule has 1 aromatic rings. The molecule has 1 N–H and O–H groups in total. The van der Waals surface area contributed by atoms with Crippen molar-refractivity contribution >= 4 is 0 Å². The zero-order valence-electron chi connectivity index (χ0n) is 8.90. The fourth-order valence-corrected chi connectivity index (χ4v) is 1.62. The molecule has 0 spiro atoms. The average Bonchev–Trinajstić information content (AvgIpc) is 2.73. The summed E-state index contributed by atoms with van der Waals surface area (Å²) in [4.78, 5) is 3.91. The number of aromatic nitrogens is 3. The van der Waals surface area contributed by atoms with E-state index in [1.807, 2.05) is 4.68 Å². The highest BCUT2D eigenvalue weighted by Crippen LogP contribution is 2.47. The van der Waals surface area contributed by atoms with E-state index in [0.29, 0.717) is 11.5 Å². The van der Waals surface area contributed by atoms with Crippen molar-refractivity contribution in [1.82, 2.24) is 20.1 Å². The van der Waals surface area contributed by atoms with Crippen molar-refractivity contribution in [2.45, 2.75) is 39.3 Å². The topological polar surface area (TPSA) is 42.7 Å². The van der Waals surface area contributed by atoms with Crippen LogP contribution in [-0.4, -0.2) is 27.4 Å². The van der Waals surface area contributed by atoms with Crippen LogP contribution in [0.3, 0.4) is 0 Å². The molecule has 1 unspecified atom stereocenters. The Morgan fingerprint density at radius 3 is 2.93 bits per heavy atom. The number of nitrogens with one attached hydrogen (secondary N) is 1. The van der Waals surface area contributed by atoms with Crippen molar-refractivity contribution in [1.29, 1.82) is 0 Å². The third-order valence-electron chi connectivity index (χ3n) is 3.34. The van der Waals surface area contributed by atoms with Gasteiger partial charge >= 0.3 is 0 Å². The highest BCUT2D eigenvalue weighted by molar-refractivity contribution is 4.96. The van der Waals surface area contributed by atoms with Gasteiger partial charge in [-0.1, -0.05) is 6.92 Å². The van der Waals surface area contributed by atoms with E-state index in [-0.39, 0.29) is 0 Å². The first-order chi connectivity index (χ1) is 6.71. The first-order valence-corrected chi connectivity index (χ1v) is 5.26. The van der Waals surface area contributed by atoms with E-state index in [2.05, 4.69) is 29.2 Å². The lowest BCUT2D eigenvalue weighted by atomic mass is 10.0. The first kappa shape index (κ1) is 9.65. The molecule has 0 aliphatic heterocycles. The van der Waals surface area contributed by atoms with Gasteiger partial charge in [-0.2, -0.15) is 5.10 Å². The number of rotatable bonds is 5. The maximum absolute atomic E-state index is 4.06. The van der Waals surface area contributed by atoms with Crippen LogP contribution < -0.4 is 5.32 Å². The predicted octanol–water partition coefficient (Wildman–Crippen LogP) is 1.06. The van der Waals surface area contributed by atoms with Crippen molar-refractivity contribution < 1.29 is 0 Å². The molecule has 78 valence electrons. The number of hydrogen-bond acceptors (Lipinski definition) is 3. The van der Waals surface area contributed by atoms with E-state index < -0.39 is 0 Å². The largest absolute Gasteiger partial charge is 0.312 e. The smallest absolute Gasteiger partial charge is 0.137 e. The van der Waals surface area contributed by atoms with Crippen LogP contribution in [0.15, 0.2) is 12.7 Å². The van der Waals surface area contributed by atoms with Gasteiger partial charge in [0.25, 0.3) is 0 Å². The van der Waals surface area contributed by atoms with Crippen LogP contribution in [-0.2, 0) is 6.54 Å². The van der Waals surface area contributed by atoms with Gasteiger partial charge in [0.1, 0.15) is 12.7 Å². The predicted molar refractivity (Wildman–Crippen MR) is 54.8 cm³/mol. The fourth-order valence-electron chi connectivity index (χ4n) is 1.62. The average molecular weight is 194 g/mol. The summed E-state index contributed by atoms with van der Waals surface area (Å²) in [6.45, 7) is 6.50. The van der Waals surface area contributed by atoms with E-state index in [1.54, 1.807) is 12.7 Å². The Hall–Kier alpha value is -0.900. The number of hydrogen-bond donors (Lipinski definition) is 1. The minimum atomic E-state index is 0.558. The summed E-state index contributed by atoms with van der Waals surface area (Å²) in [7, 11) is 0. The third-order valence-corrected chi connectivity index (χ3v) is 3.34. The summed E-state index contributed by atoms with van der Waals surface area (Å²) >= 11 is 0. The van der Waals surface area contributed by atoms with Crippen molar-refractivity contribution in [3.05, 3.63) is 12.7 Å². The minimum Gasteiger partial charge on any atom is -0.312 e. The SMILES string of the molecule is CC(NCCn1cncn1)C1(C)CC1. The molecule has 1 aromatic heterocycles. The second-order valence-corrected chi connectivity index (χ2v) is 4.49. The highest BCUT2D eigenvalue weighted by Gasteiger charge is 2.41. The minimum absolute atomic E-state index is 0.558. The van der Waals surface area contributed by atoms with Gasteiger partial charge in [0, 0.05) is 12.6 Å². The molecule has 1 aliphatic carbocycles. The Balaban J connectivity index is 1.68. The summed E-state index contributed by atoms with van der Waals surface area (Å²) in [6, 6.07) is 0.617. The molecular weight excluding hydrogens is 176 g/mol. The molecular formula is C10H18N4. The normalized spacial score (nSPS) is 20.7. The van der Waals surface area contributed by atoms with Crippen molar-refractivity contribution in [2.75, 3.05) is 6.54 Å². The Bertz CT molecular complexity index is 276. The van der Waals surface area contributed by atoms with Gasteiger partial charge < -0.3 is 5.32 Å². The van der Waals surface area contributed by atoms with Gasteiger partial charge in [-0.05, 0) is 25.2 Å². The maximum atomic E-state index is 4.06. The Labute approximate surface area is 84.7 Å².